The fraction of sp³-hybridized carbons (Fsp3) is 0.571. The molecule has 2 aromatic heterocycles. The number of fused-ring (bicyclic) bond motifs is 2. The number of hydrogen-bond donors (Lipinski definition) is 4. The number of aliphatic hydroxyl groups is 1. The van der Waals surface area contributed by atoms with Crippen LogP contribution in [0.1, 0.15) is 20.1 Å². The molecule has 0 radical (unpaired) electrons. The third kappa shape index (κ3) is 3.48. The van der Waals surface area contributed by atoms with Gasteiger partial charge in [0.25, 0.3) is 0 Å². The van der Waals surface area contributed by atoms with Crippen LogP contribution in [0.5, 0.6) is 0 Å². The molecule has 4 heterocycles. The molecule has 0 spiro atoms. The first-order valence-corrected chi connectivity index (χ1v) is 9.99. The molecule has 2 amide bonds. The molecular formula is C14H19N6O7P. The maximum absolute atomic E-state index is 12.0. The summed E-state index contributed by atoms with van der Waals surface area (Å²) in [5.74, 6) is 0.186. The summed E-state index contributed by atoms with van der Waals surface area (Å²) in [7, 11) is -4.23. The second-order valence-electron chi connectivity index (χ2n) is 6.69. The van der Waals surface area contributed by atoms with Gasteiger partial charge in [-0.25, -0.2) is 24.3 Å². The monoisotopic (exact) mass is 414 g/mol. The minimum Gasteiger partial charge on any atom is -0.386 e. The van der Waals surface area contributed by atoms with Gasteiger partial charge in [-0.1, -0.05) is 0 Å². The van der Waals surface area contributed by atoms with E-state index in [9.17, 15) is 19.4 Å². The van der Waals surface area contributed by atoms with Crippen molar-refractivity contribution in [3.63, 3.8) is 0 Å². The highest BCUT2D eigenvalue weighted by atomic mass is 31.2. The van der Waals surface area contributed by atoms with Crippen LogP contribution in [0.15, 0.2) is 12.7 Å². The van der Waals surface area contributed by atoms with E-state index in [4.69, 9.17) is 13.8 Å². The van der Waals surface area contributed by atoms with Gasteiger partial charge in [0.05, 0.1) is 12.9 Å². The summed E-state index contributed by atoms with van der Waals surface area (Å²) >= 11 is 0. The zero-order chi connectivity index (χ0) is 20.1. The second kappa shape index (κ2) is 7.03. The lowest BCUT2D eigenvalue weighted by Gasteiger charge is -2.27. The van der Waals surface area contributed by atoms with E-state index in [0.717, 1.165) is 0 Å². The molecule has 4 N–H and O–H groups in total. The van der Waals surface area contributed by atoms with Gasteiger partial charge in [0.2, 0.25) is 0 Å². The number of rotatable bonds is 3. The summed E-state index contributed by atoms with van der Waals surface area (Å²) in [4.78, 5) is 33.8. The maximum atomic E-state index is 12.0. The van der Waals surface area contributed by atoms with Crippen molar-refractivity contribution in [3.05, 3.63) is 12.7 Å². The predicted molar refractivity (Wildman–Crippen MR) is 93.2 cm³/mol. The number of phosphoric acid groups is 1. The molecule has 1 unspecified atom stereocenters. The lowest BCUT2D eigenvalue weighted by atomic mass is 10.1. The van der Waals surface area contributed by atoms with Gasteiger partial charge in [-0.05, 0) is 13.8 Å². The Balaban J connectivity index is 1.61. The molecule has 14 heteroatoms. The van der Waals surface area contributed by atoms with Crippen molar-refractivity contribution >= 4 is 30.8 Å². The molecule has 0 aliphatic carbocycles. The quantitative estimate of drug-likeness (QED) is 0.506. The van der Waals surface area contributed by atoms with E-state index < -0.39 is 38.4 Å². The molecular weight excluding hydrogens is 395 g/mol. The smallest absolute Gasteiger partial charge is 0.386 e. The second-order valence-corrected chi connectivity index (χ2v) is 8.10. The normalized spacial score (nSPS) is 32.5. The summed E-state index contributed by atoms with van der Waals surface area (Å²) in [6, 6.07) is -0.512. The van der Waals surface area contributed by atoms with Crippen LogP contribution >= 0.6 is 7.82 Å². The maximum Gasteiger partial charge on any atom is 0.472 e. The molecule has 152 valence electrons. The van der Waals surface area contributed by atoms with Crippen LogP contribution in [0.3, 0.4) is 0 Å². The van der Waals surface area contributed by atoms with Crippen molar-refractivity contribution < 1.29 is 33.1 Å². The summed E-state index contributed by atoms with van der Waals surface area (Å²) in [5.41, 5.74) is 0.586. The van der Waals surface area contributed by atoms with Crippen LogP contribution in [0.25, 0.3) is 11.2 Å². The van der Waals surface area contributed by atoms with E-state index in [0.29, 0.717) is 5.65 Å². The Labute approximate surface area is 158 Å². The lowest BCUT2D eigenvalue weighted by Crippen LogP contribution is -2.39. The molecule has 0 saturated carbocycles. The van der Waals surface area contributed by atoms with Crippen molar-refractivity contribution in [2.24, 2.45) is 0 Å². The Bertz CT molecular complexity index is 951. The van der Waals surface area contributed by atoms with Gasteiger partial charge >= 0.3 is 13.9 Å². The number of phosphoric ester groups is 1. The van der Waals surface area contributed by atoms with Gasteiger partial charge in [-0.3, -0.25) is 18.9 Å². The average Bonchev–Trinajstić information content (AvgIpc) is 3.16. The SMILES string of the molecule is CC(C)NC(=O)Nc1ncnc2c1ncn2[C@@H]1O[C@@H]2COP(=O)(O)O[C@H]2[C@H]1O. The number of ether oxygens (including phenoxy) is 1. The molecule has 0 bridgehead atoms. The van der Waals surface area contributed by atoms with Crippen molar-refractivity contribution in [1.82, 2.24) is 24.8 Å². The highest BCUT2D eigenvalue weighted by molar-refractivity contribution is 7.47. The standard InChI is InChI=1S/C14H19N6O7P/c1-6(2)18-14(22)19-11-8-12(16-4-15-11)20(5-17-8)13-9(21)10-7(26-13)3-25-28(23,24)27-10/h4-7,9-10,13,21H,3H2,1-2H3,(H,23,24)(H2,15,16,18,19,22)/t7-,9-,10-,13-/m1/s1. The predicted octanol–water partition coefficient (Wildman–Crippen LogP) is 0.130. The number of urea groups is 1. The topological polar surface area (TPSA) is 170 Å². The first-order valence-electron chi connectivity index (χ1n) is 8.49. The fourth-order valence-corrected chi connectivity index (χ4v) is 4.07. The molecule has 2 aliphatic heterocycles. The first kappa shape index (κ1) is 19.2. The molecule has 2 aliphatic rings. The Morgan fingerprint density at radius 2 is 2.18 bits per heavy atom. The van der Waals surface area contributed by atoms with Crippen LogP contribution in [0.2, 0.25) is 0 Å². The van der Waals surface area contributed by atoms with Gasteiger partial charge in [0, 0.05) is 6.04 Å². The van der Waals surface area contributed by atoms with E-state index in [1.807, 2.05) is 13.8 Å². The van der Waals surface area contributed by atoms with Gasteiger partial charge in [-0.15, -0.1) is 0 Å². The minimum absolute atomic E-state index is 0.0648. The Kier molecular flexibility index (Phi) is 4.81. The molecule has 4 rings (SSSR count). The number of nitrogens with one attached hydrogen (secondary N) is 2. The first-order chi connectivity index (χ1) is 13.2. The third-order valence-electron chi connectivity index (χ3n) is 4.25. The number of carbonyl (C=O) groups excluding carboxylic acids is 1. The van der Waals surface area contributed by atoms with Crippen LogP contribution in [-0.2, 0) is 18.3 Å². The molecule has 13 nitrogen and oxygen atoms in total. The lowest BCUT2D eigenvalue weighted by molar-refractivity contribution is -0.0664. The highest BCUT2D eigenvalue weighted by Gasteiger charge is 2.52. The number of imidazole rings is 1. The van der Waals surface area contributed by atoms with Crippen molar-refractivity contribution in [2.45, 2.75) is 44.4 Å². The zero-order valence-electron chi connectivity index (χ0n) is 14.9. The van der Waals surface area contributed by atoms with E-state index in [1.165, 1.54) is 17.2 Å². The summed E-state index contributed by atoms with van der Waals surface area (Å²) < 4.78 is 28.4. The Hall–Kier alpha value is -2.15. The highest BCUT2D eigenvalue weighted by Crippen LogP contribution is 2.52. The van der Waals surface area contributed by atoms with E-state index in [2.05, 4.69) is 25.6 Å². The Morgan fingerprint density at radius 1 is 1.39 bits per heavy atom. The molecule has 2 saturated heterocycles. The number of aromatic nitrogens is 4. The molecule has 0 aromatic carbocycles. The summed E-state index contributed by atoms with van der Waals surface area (Å²) in [6.45, 7) is 3.44. The average molecular weight is 414 g/mol. The van der Waals surface area contributed by atoms with Crippen LogP contribution in [0, 0.1) is 0 Å². The van der Waals surface area contributed by atoms with Gasteiger partial charge in [0.1, 0.15) is 24.6 Å². The van der Waals surface area contributed by atoms with Crippen molar-refractivity contribution in [2.75, 3.05) is 11.9 Å². The molecule has 2 aromatic rings. The number of nitrogens with zero attached hydrogens (tertiary/aromatic N) is 4. The number of carbonyl (C=O) groups is 1. The van der Waals surface area contributed by atoms with Gasteiger partial charge in [0.15, 0.2) is 23.2 Å². The number of anilines is 1. The Morgan fingerprint density at radius 3 is 2.93 bits per heavy atom. The number of hydrogen-bond acceptors (Lipinski definition) is 9. The van der Waals surface area contributed by atoms with E-state index >= 15 is 0 Å². The summed E-state index contributed by atoms with van der Waals surface area (Å²) in [5, 5.41) is 15.8. The fourth-order valence-electron chi connectivity index (χ4n) is 3.10. The molecule has 28 heavy (non-hydrogen) atoms. The zero-order valence-corrected chi connectivity index (χ0v) is 15.8. The van der Waals surface area contributed by atoms with Gasteiger partial charge < -0.3 is 20.1 Å². The number of amides is 2. The number of aliphatic hydroxyl groups excluding tert-OH is 1. The van der Waals surface area contributed by atoms with Crippen LogP contribution in [0.4, 0.5) is 10.6 Å². The van der Waals surface area contributed by atoms with Crippen molar-refractivity contribution in [1.29, 1.82) is 0 Å². The van der Waals surface area contributed by atoms with Gasteiger partial charge in [-0.2, -0.15) is 0 Å². The largest absolute Gasteiger partial charge is 0.472 e. The van der Waals surface area contributed by atoms with E-state index in [-0.39, 0.29) is 24.0 Å². The van der Waals surface area contributed by atoms with E-state index in [1.54, 1.807) is 0 Å². The summed E-state index contributed by atoms with van der Waals surface area (Å²) in [6.07, 6.45) is -1.40. The minimum atomic E-state index is -4.23. The van der Waals surface area contributed by atoms with Crippen LogP contribution in [-0.4, -0.2) is 66.5 Å². The van der Waals surface area contributed by atoms with Crippen molar-refractivity contribution in [3.8, 4) is 0 Å². The van der Waals surface area contributed by atoms with Crippen LogP contribution < -0.4 is 10.6 Å². The molecule has 2 fully saturated rings. The molecule has 5 atom stereocenters. The third-order valence-corrected chi connectivity index (χ3v) is 5.24.